The molecule has 0 rings (SSSR count). The average molecular weight is 1130 g/mol. The summed E-state index contributed by atoms with van der Waals surface area (Å²) in [5.41, 5.74) is 0. The van der Waals surface area contributed by atoms with E-state index < -0.39 is 20.0 Å². The minimum atomic E-state index is -4.45. The molecule has 9 nitrogen and oxygen atoms in total. The zero-order chi connectivity index (χ0) is 57.9. The van der Waals surface area contributed by atoms with Crippen molar-refractivity contribution >= 4 is 19.7 Å². The Bertz CT molecular complexity index is 1490. The first kappa shape index (κ1) is 77.0. The van der Waals surface area contributed by atoms with Crippen LogP contribution in [0.2, 0.25) is 0 Å². The van der Waals surface area contributed by atoms with Crippen LogP contribution in [0.15, 0.2) is 48.6 Å². The first-order chi connectivity index (χ1) is 38.4. The van der Waals surface area contributed by atoms with Crippen molar-refractivity contribution < 1.29 is 37.3 Å². The van der Waals surface area contributed by atoms with E-state index >= 15 is 0 Å². The molecule has 0 aromatic heterocycles. The molecule has 0 saturated carbocycles. The molecule has 0 bridgehead atoms. The second-order valence-corrected chi connectivity index (χ2v) is 25.8. The van der Waals surface area contributed by atoms with E-state index in [-0.39, 0.29) is 25.1 Å². The van der Waals surface area contributed by atoms with Crippen LogP contribution in [-0.2, 0) is 27.9 Å². The fourth-order valence-corrected chi connectivity index (χ4v) is 10.7. The number of hydrogen-bond donors (Lipinski definition) is 2. The number of carbonyl (C=O) groups is 2. The van der Waals surface area contributed by atoms with Gasteiger partial charge in [0.1, 0.15) is 19.3 Å². The summed E-state index contributed by atoms with van der Waals surface area (Å²) < 4.78 is 30.7. The number of carbonyl (C=O) groups excluding carboxylic acids is 2. The van der Waals surface area contributed by atoms with Gasteiger partial charge < -0.3 is 19.4 Å². The maximum atomic E-state index is 13.6. The number of esters is 1. The molecular formula is C69H132N2O7P+. The lowest BCUT2D eigenvalue weighted by Gasteiger charge is -2.27. The van der Waals surface area contributed by atoms with E-state index in [0.717, 1.165) is 70.6 Å². The third kappa shape index (κ3) is 60.4. The van der Waals surface area contributed by atoms with Gasteiger partial charge in [0.15, 0.2) is 0 Å². The van der Waals surface area contributed by atoms with Gasteiger partial charge in [0, 0.05) is 12.8 Å². The van der Waals surface area contributed by atoms with Crippen LogP contribution in [0.3, 0.4) is 0 Å². The summed E-state index contributed by atoms with van der Waals surface area (Å²) >= 11 is 0. The monoisotopic (exact) mass is 1130 g/mol. The molecule has 0 aromatic rings. The Morgan fingerprint density at radius 1 is 0.443 bits per heavy atom. The number of phosphoric ester groups is 1. The molecule has 0 heterocycles. The van der Waals surface area contributed by atoms with Gasteiger partial charge in [0.2, 0.25) is 5.91 Å². The zero-order valence-corrected chi connectivity index (χ0v) is 54.0. The van der Waals surface area contributed by atoms with Gasteiger partial charge in [-0.25, -0.2) is 4.57 Å². The molecule has 0 fully saturated rings. The highest BCUT2D eigenvalue weighted by atomic mass is 31.2. The number of phosphoric acid groups is 1. The normalized spacial score (nSPS) is 13.9. The Morgan fingerprint density at radius 3 is 1.18 bits per heavy atom. The lowest BCUT2D eigenvalue weighted by molar-refractivity contribution is -0.870. The second-order valence-electron chi connectivity index (χ2n) is 24.4. The van der Waals surface area contributed by atoms with Crippen LogP contribution < -0.4 is 5.32 Å². The molecule has 0 saturated heterocycles. The Morgan fingerprint density at radius 2 is 0.772 bits per heavy atom. The number of quaternary nitrogens is 1. The second kappa shape index (κ2) is 59.1. The van der Waals surface area contributed by atoms with E-state index in [1.54, 1.807) is 0 Å². The number of allylic oxidation sites excluding steroid dienone is 7. The molecule has 0 radical (unpaired) electrons. The number of likely N-dealkylation sites (N-methyl/N-ethyl adjacent to an activating group) is 1. The average Bonchev–Trinajstić information content (AvgIpc) is 3.41. The Hall–Kier alpha value is -2.03. The van der Waals surface area contributed by atoms with Crippen LogP contribution in [0.5, 0.6) is 0 Å². The minimum Gasteiger partial charge on any atom is -0.456 e. The van der Waals surface area contributed by atoms with Crippen molar-refractivity contribution in [2.45, 2.75) is 341 Å². The lowest BCUT2D eigenvalue weighted by atomic mass is 10.0. The molecule has 0 spiro atoms. The molecule has 0 aromatic carbocycles. The predicted octanol–water partition coefficient (Wildman–Crippen LogP) is 21.2. The summed E-state index contributed by atoms with van der Waals surface area (Å²) in [6.07, 6.45) is 74.0. The SMILES string of the molecule is CCCCC/C=C\C/C=C\C/C=C\CCCCCCCCCCCCCCCCC(=O)NC(COP(=O)(O)OCC[N+](C)(C)C)C(/C=C\CCCCCCCCCCC)OC(=O)CCCCCCCCCCCCCCCCC. The zero-order valence-electron chi connectivity index (χ0n) is 53.1. The van der Waals surface area contributed by atoms with Gasteiger partial charge in [-0.1, -0.05) is 294 Å². The molecule has 0 aliphatic carbocycles. The maximum Gasteiger partial charge on any atom is 0.472 e. The fourth-order valence-electron chi connectivity index (χ4n) is 10.0. The minimum absolute atomic E-state index is 0.0421. The van der Waals surface area contributed by atoms with Crippen molar-refractivity contribution in [3.63, 3.8) is 0 Å². The summed E-state index contributed by atoms with van der Waals surface area (Å²) in [6, 6.07) is -0.845. The summed E-state index contributed by atoms with van der Waals surface area (Å²) in [7, 11) is 1.51. The third-order valence-corrected chi connectivity index (χ3v) is 16.3. The van der Waals surface area contributed by atoms with Gasteiger partial charge in [0.25, 0.3) is 0 Å². The molecule has 3 unspecified atom stereocenters. The number of ether oxygens (including phenoxy) is 1. The highest BCUT2D eigenvalue weighted by Gasteiger charge is 2.30. The fraction of sp³-hybridized carbons (Fsp3) is 0.855. The standard InChI is InChI=1S/C69H131N2O7P/c1-7-10-13-16-19-22-25-27-29-30-31-32-33-34-35-36-37-38-39-40-42-43-46-49-52-55-58-61-68(72)70-66(65-77-79(74,75)76-64-63-71(4,5)6)67(60-57-54-51-48-45-24-21-18-15-12-9-3)78-69(73)62-59-56-53-50-47-44-41-28-26-23-20-17-14-11-8-2/h19,22,27,29,31-32,57,60,66-67H,7-18,20-21,23-26,28,30,33-56,58-59,61-65H2,1-6H3,(H-,70,72,74,75)/p+1/b22-19-,29-27-,32-31-,60-57-. The van der Waals surface area contributed by atoms with E-state index in [4.69, 9.17) is 13.8 Å². The van der Waals surface area contributed by atoms with Crippen LogP contribution >= 0.6 is 7.82 Å². The first-order valence-corrected chi connectivity index (χ1v) is 35.5. The predicted molar refractivity (Wildman–Crippen MR) is 342 cm³/mol. The Labute approximate surface area is 490 Å². The molecule has 2 N–H and O–H groups in total. The van der Waals surface area contributed by atoms with E-state index in [9.17, 15) is 19.0 Å². The third-order valence-electron chi connectivity index (χ3n) is 15.3. The van der Waals surface area contributed by atoms with Crippen molar-refractivity contribution in [1.29, 1.82) is 0 Å². The van der Waals surface area contributed by atoms with Crippen LogP contribution in [-0.4, -0.2) is 74.3 Å². The summed E-state index contributed by atoms with van der Waals surface area (Å²) in [6.45, 7) is 7.02. The number of nitrogens with zero attached hydrogens (tertiary/aromatic N) is 1. The molecule has 464 valence electrons. The molecule has 1 amide bonds. The van der Waals surface area contributed by atoms with Crippen molar-refractivity contribution in [2.24, 2.45) is 0 Å². The maximum absolute atomic E-state index is 13.6. The molecular weight excluding hydrogens is 1000 g/mol. The smallest absolute Gasteiger partial charge is 0.456 e. The van der Waals surface area contributed by atoms with Gasteiger partial charge in [-0.2, -0.15) is 0 Å². The number of rotatable bonds is 62. The van der Waals surface area contributed by atoms with Crippen LogP contribution in [0.4, 0.5) is 0 Å². The topological polar surface area (TPSA) is 111 Å². The molecule has 0 aliphatic heterocycles. The van der Waals surface area contributed by atoms with Gasteiger partial charge in [-0.05, 0) is 70.3 Å². The van der Waals surface area contributed by atoms with Crippen molar-refractivity contribution in [2.75, 3.05) is 40.9 Å². The molecule has 79 heavy (non-hydrogen) atoms. The Kier molecular flexibility index (Phi) is 57.6. The summed E-state index contributed by atoms with van der Waals surface area (Å²) in [4.78, 5) is 37.8. The summed E-state index contributed by atoms with van der Waals surface area (Å²) in [5, 5.41) is 3.07. The molecule has 3 atom stereocenters. The van der Waals surface area contributed by atoms with Gasteiger partial charge in [-0.3, -0.25) is 18.6 Å². The highest BCUT2D eigenvalue weighted by Crippen LogP contribution is 2.43. The highest BCUT2D eigenvalue weighted by molar-refractivity contribution is 7.47. The Balaban J connectivity index is 4.98. The number of unbranched alkanes of at least 4 members (excludes halogenated alkanes) is 40. The van der Waals surface area contributed by atoms with E-state index in [2.05, 4.69) is 62.5 Å². The van der Waals surface area contributed by atoms with Crippen molar-refractivity contribution in [3.8, 4) is 0 Å². The van der Waals surface area contributed by atoms with Crippen LogP contribution in [0.25, 0.3) is 0 Å². The van der Waals surface area contributed by atoms with Gasteiger partial charge >= 0.3 is 13.8 Å². The largest absolute Gasteiger partial charge is 0.472 e. The number of amides is 1. The number of nitrogens with one attached hydrogen (secondary N) is 1. The van der Waals surface area contributed by atoms with Crippen molar-refractivity contribution in [1.82, 2.24) is 5.32 Å². The van der Waals surface area contributed by atoms with Crippen LogP contribution in [0.1, 0.15) is 329 Å². The van der Waals surface area contributed by atoms with E-state index in [1.165, 1.54) is 225 Å². The van der Waals surface area contributed by atoms with Gasteiger partial charge in [-0.15, -0.1) is 0 Å². The van der Waals surface area contributed by atoms with Gasteiger partial charge in [0.05, 0.1) is 33.8 Å². The quantitative estimate of drug-likeness (QED) is 0.0205. The first-order valence-electron chi connectivity index (χ1n) is 34.0. The number of hydrogen-bond acceptors (Lipinski definition) is 6. The molecule has 0 aliphatic rings. The summed E-state index contributed by atoms with van der Waals surface area (Å²) in [5.74, 6) is -0.491. The van der Waals surface area contributed by atoms with Crippen molar-refractivity contribution in [3.05, 3.63) is 48.6 Å². The molecule has 10 heteroatoms. The lowest BCUT2D eigenvalue weighted by Crippen LogP contribution is -2.47. The van der Waals surface area contributed by atoms with E-state index in [0.29, 0.717) is 23.9 Å². The van der Waals surface area contributed by atoms with E-state index in [1.807, 2.05) is 33.3 Å². The van der Waals surface area contributed by atoms with Crippen LogP contribution in [0, 0.1) is 0 Å².